The Kier molecular flexibility index (Phi) is 6.49. The normalized spacial score (nSPS) is 11.7. The maximum absolute atomic E-state index is 11.9. The predicted octanol–water partition coefficient (Wildman–Crippen LogP) is 1.72. The lowest BCUT2D eigenvalue weighted by Gasteiger charge is -2.19. The Morgan fingerprint density at radius 1 is 1.45 bits per heavy atom. The van der Waals surface area contributed by atoms with Gasteiger partial charge >= 0.3 is 12.0 Å². The number of carbonyl (C=O) groups excluding carboxylic acids is 1. The van der Waals surface area contributed by atoms with Crippen LogP contribution in [0.4, 0.5) is 4.79 Å². The number of nitrogens with zero attached hydrogens (tertiary/aromatic N) is 2. The number of pyridine rings is 1. The number of amides is 2. The summed E-state index contributed by atoms with van der Waals surface area (Å²) >= 11 is 0. The number of carboxylic acid groups (broad SMARTS) is 1. The molecule has 110 valence electrons. The van der Waals surface area contributed by atoms with E-state index in [0.29, 0.717) is 19.5 Å². The number of aliphatic carboxylic acids is 1. The first kappa shape index (κ1) is 15.9. The van der Waals surface area contributed by atoms with Gasteiger partial charge in [-0.3, -0.25) is 9.78 Å². The zero-order valence-electron chi connectivity index (χ0n) is 11.9. The van der Waals surface area contributed by atoms with Gasteiger partial charge in [0.1, 0.15) is 0 Å². The molecule has 0 saturated heterocycles. The van der Waals surface area contributed by atoms with Gasteiger partial charge in [-0.05, 0) is 24.5 Å². The van der Waals surface area contributed by atoms with Gasteiger partial charge in [0.05, 0.1) is 12.2 Å². The topological polar surface area (TPSA) is 82.5 Å². The molecule has 0 spiro atoms. The van der Waals surface area contributed by atoms with E-state index in [9.17, 15) is 9.59 Å². The molecule has 2 amide bonds. The van der Waals surface area contributed by atoms with Crippen LogP contribution in [0.15, 0.2) is 24.4 Å². The molecule has 6 nitrogen and oxygen atoms in total. The van der Waals surface area contributed by atoms with Crippen LogP contribution in [0.1, 0.15) is 25.5 Å². The highest BCUT2D eigenvalue weighted by atomic mass is 16.4. The number of rotatable bonds is 7. The van der Waals surface area contributed by atoms with E-state index < -0.39 is 5.97 Å². The van der Waals surface area contributed by atoms with E-state index in [-0.39, 0.29) is 18.4 Å². The van der Waals surface area contributed by atoms with Gasteiger partial charge in [-0.2, -0.15) is 0 Å². The Bertz CT molecular complexity index is 437. The maximum atomic E-state index is 11.9. The molecule has 0 saturated carbocycles. The molecule has 1 aromatic rings. The van der Waals surface area contributed by atoms with Crippen molar-refractivity contribution in [2.24, 2.45) is 5.92 Å². The summed E-state index contributed by atoms with van der Waals surface area (Å²) in [5.74, 6) is -0.672. The first-order valence-electron chi connectivity index (χ1n) is 6.59. The summed E-state index contributed by atoms with van der Waals surface area (Å²) in [6, 6.07) is 5.38. The predicted molar refractivity (Wildman–Crippen MR) is 75.1 cm³/mol. The van der Waals surface area contributed by atoms with Gasteiger partial charge in [0.15, 0.2) is 0 Å². The van der Waals surface area contributed by atoms with E-state index >= 15 is 0 Å². The fraction of sp³-hybridized carbons (Fsp3) is 0.500. The first-order valence-corrected chi connectivity index (χ1v) is 6.59. The lowest BCUT2D eigenvalue weighted by Crippen LogP contribution is -2.39. The van der Waals surface area contributed by atoms with Crippen molar-refractivity contribution >= 4 is 12.0 Å². The average molecular weight is 279 g/mol. The molecule has 2 N–H and O–H groups in total. The molecule has 6 heteroatoms. The molecular formula is C14H21N3O3. The molecule has 20 heavy (non-hydrogen) atoms. The average Bonchev–Trinajstić information content (AvgIpc) is 2.43. The van der Waals surface area contributed by atoms with Gasteiger partial charge < -0.3 is 15.3 Å². The molecule has 1 rings (SSSR count). The van der Waals surface area contributed by atoms with Crippen molar-refractivity contribution in [2.45, 2.75) is 26.3 Å². The van der Waals surface area contributed by atoms with Gasteiger partial charge in [-0.25, -0.2) is 4.79 Å². The Morgan fingerprint density at radius 3 is 2.80 bits per heavy atom. The van der Waals surface area contributed by atoms with Crippen LogP contribution >= 0.6 is 0 Å². The van der Waals surface area contributed by atoms with Crippen LogP contribution < -0.4 is 5.32 Å². The molecule has 0 radical (unpaired) electrons. The summed E-state index contributed by atoms with van der Waals surface area (Å²) in [6.45, 7) is 2.83. The van der Waals surface area contributed by atoms with Crippen molar-refractivity contribution in [3.05, 3.63) is 30.1 Å². The van der Waals surface area contributed by atoms with Crippen molar-refractivity contribution < 1.29 is 14.7 Å². The van der Waals surface area contributed by atoms with Gasteiger partial charge in [0, 0.05) is 26.2 Å². The number of carbonyl (C=O) groups is 2. The summed E-state index contributed by atoms with van der Waals surface area (Å²) in [6.07, 6.45) is 2.37. The first-order chi connectivity index (χ1) is 9.49. The summed E-state index contributed by atoms with van der Waals surface area (Å²) in [5, 5.41) is 11.4. The van der Waals surface area contributed by atoms with Gasteiger partial charge in [-0.15, -0.1) is 0 Å². The van der Waals surface area contributed by atoms with Crippen LogP contribution in [0.3, 0.4) is 0 Å². The monoisotopic (exact) mass is 279 g/mol. The second-order valence-corrected chi connectivity index (χ2v) is 4.90. The third kappa shape index (κ3) is 6.17. The summed E-state index contributed by atoms with van der Waals surface area (Å²) in [4.78, 5) is 28.0. The third-order valence-corrected chi connectivity index (χ3v) is 2.92. The summed E-state index contributed by atoms with van der Waals surface area (Å²) in [7, 11) is 1.70. The molecule has 0 aliphatic rings. The lowest BCUT2D eigenvalue weighted by atomic mass is 10.1. The van der Waals surface area contributed by atoms with E-state index in [0.717, 1.165) is 5.69 Å². The highest BCUT2D eigenvalue weighted by molar-refractivity contribution is 5.73. The molecule has 1 aromatic heterocycles. The molecule has 0 aliphatic heterocycles. The van der Waals surface area contributed by atoms with Crippen molar-refractivity contribution in [3.8, 4) is 0 Å². The Morgan fingerprint density at radius 2 is 2.20 bits per heavy atom. The zero-order valence-corrected chi connectivity index (χ0v) is 11.9. The number of hydrogen-bond acceptors (Lipinski definition) is 3. The quantitative estimate of drug-likeness (QED) is 0.796. The van der Waals surface area contributed by atoms with Crippen molar-refractivity contribution in [1.82, 2.24) is 15.2 Å². The second-order valence-electron chi connectivity index (χ2n) is 4.90. The van der Waals surface area contributed by atoms with Crippen molar-refractivity contribution in [1.29, 1.82) is 0 Å². The minimum Gasteiger partial charge on any atom is -0.481 e. The van der Waals surface area contributed by atoms with Crippen LogP contribution in [0, 0.1) is 5.92 Å². The van der Waals surface area contributed by atoms with Crippen LogP contribution in [0.5, 0.6) is 0 Å². The number of aromatic nitrogens is 1. The van der Waals surface area contributed by atoms with Crippen LogP contribution in [0.2, 0.25) is 0 Å². The minimum atomic E-state index is -0.810. The number of carboxylic acids is 1. The van der Waals surface area contributed by atoms with E-state index in [1.165, 1.54) is 0 Å². The molecule has 0 aromatic carbocycles. The van der Waals surface area contributed by atoms with E-state index in [2.05, 4.69) is 10.3 Å². The summed E-state index contributed by atoms with van der Waals surface area (Å²) < 4.78 is 0. The summed E-state index contributed by atoms with van der Waals surface area (Å²) in [5.41, 5.74) is 0.823. The highest BCUT2D eigenvalue weighted by Crippen LogP contribution is 2.04. The Labute approximate surface area is 118 Å². The fourth-order valence-corrected chi connectivity index (χ4v) is 1.67. The highest BCUT2D eigenvalue weighted by Gasteiger charge is 2.11. The largest absolute Gasteiger partial charge is 0.481 e. The molecule has 0 fully saturated rings. The van der Waals surface area contributed by atoms with Gasteiger partial charge in [0.25, 0.3) is 0 Å². The lowest BCUT2D eigenvalue weighted by molar-refractivity contribution is -0.137. The maximum Gasteiger partial charge on any atom is 0.317 e. The number of nitrogens with one attached hydrogen (secondary N) is 1. The molecule has 1 atom stereocenters. The molecule has 1 heterocycles. The smallest absolute Gasteiger partial charge is 0.317 e. The molecule has 1 unspecified atom stereocenters. The van der Waals surface area contributed by atoms with E-state index in [1.807, 2.05) is 25.1 Å². The van der Waals surface area contributed by atoms with Gasteiger partial charge in [0.2, 0.25) is 0 Å². The number of hydrogen-bond donors (Lipinski definition) is 2. The van der Waals surface area contributed by atoms with Gasteiger partial charge in [-0.1, -0.05) is 13.0 Å². The fourth-order valence-electron chi connectivity index (χ4n) is 1.67. The molecule has 0 bridgehead atoms. The van der Waals surface area contributed by atoms with Crippen LogP contribution in [-0.2, 0) is 11.3 Å². The second kappa shape index (κ2) is 8.14. The van der Waals surface area contributed by atoms with Crippen LogP contribution in [0.25, 0.3) is 0 Å². The minimum absolute atomic E-state index is 0.126. The zero-order chi connectivity index (χ0) is 15.0. The SMILES string of the molecule is CC(CCC(=O)O)CNC(=O)N(C)Cc1ccccn1. The van der Waals surface area contributed by atoms with Crippen molar-refractivity contribution in [3.63, 3.8) is 0 Å². The standard InChI is InChI=1S/C14H21N3O3/c1-11(6-7-13(18)19)9-16-14(20)17(2)10-12-5-3-4-8-15-12/h3-5,8,11H,6-7,9-10H2,1-2H3,(H,16,20)(H,18,19). The third-order valence-electron chi connectivity index (χ3n) is 2.92. The van der Waals surface area contributed by atoms with Crippen molar-refractivity contribution in [2.75, 3.05) is 13.6 Å². The van der Waals surface area contributed by atoms with E-state index in [1.54, 1.807) is 18.1 Å². The molecular weight excluding hydrogens is 258 g/mol. The number of urea groups is 1. The van der Waals surface area contributed by atoms with Crippen LogP contribution in [-0.4, -0.2) is 40.6 Å². The Balaban J connectivity index is 2.29. The van der Waals surface area contributed by atoms with E-state index in [4.69, 9.17) is 5.11 Å². The Hall–Kier alpha value is -2.11. The molecule has 0 aliphatic carbocycles.